The van der Waals surface area contributed by atoms with Crippen molar-refractivity contribution in [2.24, 2.45) is 0 Å². The van der Waals surface area contributed by atoms with E-state index in [0.717, 1.165) is 17.5 Å². The van der Waals surface area contributed by atoms with E-state index < -0.39 is 0 Å². The summed E-state index contributed by atoms with van der Waals surface area (Å²) < 4.78 is 2.30. The first-order chi connectivity index (χ1) is 9.83. The Bertz CT molecular complexity index is 558. The van der Waals surface area contributed by atoms with Crippen molar-refractivity contribution >= 4 is 17.5 Å². The number of halogens is 1. The van der Waals surface area contributed by atoms with Crippen molar-refractivity contribution in [3.05, 3.63) is 47.2 Å². The maximum Gasteiger partial charge on any atom is 0.203 e. The van der Waals surface area contributed by atoms with E-state index in [4.69, 9.17) is 11.6 Å². The fourth-order valence-corrected chi connectivity index (χ4v) is 3.14. The Morgan fingerprint density at radius 2 is 2.10 bits per heavy atom. The Morgan fingerprint density at radius 3 is 2.90 bits per heavy atom. The van der Waals surface area contributed by atoms with Crippen LogP contribution in [0, 0.1) is 0 Å². The summed E-state index contributed by atoms with van der Waals surface area (Å²) in [5, 5.41) is 4.20. The van der Waals surface area contributed by atoms with Crippen LogP contribution in [0.3, 0.4) is 0 Å². The van der Waals surface area contributed by atoms with Gasteiger partial charge in [0.2, 0.25) is 5.95 Å². The molecule has 106 valence electrons. The predicted octanol–water partition coefficient (Wildman–Crippen LogP) is 4.65. The zero-order valence-electron chi connectivity index (χ0n) is 11.6. The molecule has 2 aromatic rings. The van der Waals surface area contributed by atoms with Crippen LogP contribution in [0.15, 0.2) is 36.7 Å². The second kappa shape index (κ2) is 6.31. The van der Waals surface area contributed by atoms with Gasteiger partial charge in [-0.15, -0.1) is 0 Å². The highest BCUT2D eigenvalue weighted by atomic mass is 35.5. The number of hydrogen-bond acceptors (Lipinski definition) is 2. The van der Waals surface area contributed by atoms with Crippen molar-refractivity contribution in [1.82, 2.24) is 9.55 Å². The van der Waals surface area contributed by atoms with Crippen molar-refractivity contribution in [3.63, 3.8) is 0 Å². The molecule has 1 aromatic heterocycles. The molecule has 1 aromatic carbocycles. The first kappa shape index (κ1) is 13.5. The molecular formula is C16H20ClN3. The minimum Gasteiger partial charge on any atom is -0.352 e. The number of imidazole rings is 1. The molecule has 20 heavy (non-hydrogen) atoms. The van der Waals surface area contributed by atoms with Crippen LogP contribution in [0.1, 0.15) is 43.7 Å². The van der Waals surface area contributed by atoms with Gasteiger partial charge in [0.05, 0.1) is 0 Å². The first-order valence-electron chi connectivity index (χ1n) is 7.34. The molecule has 0 radical (unpaired) electrons. The first-order valence-corrected chi connectivity index (χ1v) is 7.72. The SMILES string of the molecule is Clc1cccc(CNc2nccn2C2CCCCC2)c1. The quantitative estimate of drug-likeness (QED) is 0.887. The molecule has 1 aliphatic carbocycles. The van der Waals surface area contributed by atoms with E-state index in [0.29, 0.717) is 6.04 Å². The summed E-state index contributed by atoms with van der Waals surface area (Å²) in [6, 6.07) is 8.55. The molecule has 4 heteroatoms. The number of nitrogens with zero attached hydrogens (tertiary/aromatic N) is 2. The lowest BCUT2D eigenvalue weighted by Crippen LogP contribution is -2.15. The lowest BCUT2D eigenvalue weighted by Gasteiger charge is -2.24. The van der Waals surface area contributed by atoms with Crippen LogP contribution in [-0.4, -0.2) is 9.55 Å². The second-order valence-electron chi connectivity index (χ2n) is 5.43. The van der Waals surface area contributed by atoms with Gasteiger partial charge in [0.1, 0.15) is 0 Å². The maximum absolute atomic E-state index is 6.01. The summed E-state index contributed by atoms with van der Waals surface area (Å²) in [6.07, 6.45) is 10.5. The Balaban J connectivity index is 1.67. The van der Waals surface area contributed by atoms with E-state index in [9.17, 15) is 0 Å². The van der Waals surface area contributed by atoms with Gasteiger partial charge in [0, 0.05) is 30.0 Å². The molecule has 0 aliphatic heterocycles. The number of aromatic nitrogens is 2. The summed E-state index contributed by atoms with van der Waals surface area (Å²) in [7, 11) is 0. The molecule has 0 atom stereocenters. The largest absolute Gasteiger partial charge is 0.352 e. The zero-order valence-corrected chi connectivity index (χ0v) is 12.3. The van der Waals surface area contributed by atoms with Crippen LogP contribution in [-0.2, 0) is 6.54 Å². The standard InChI is InChI=1S/C16H20ClN3/c17-14-6-4-5-13(11-14)12-19-16-18-9-10-20(16)15-7-2-1-3-8-15/h4-6,9-11,15H,1-3,7-8,12H2,(H,18,19). The van der Waals surface area contributed by atoms with Crippen molar-refractivity contribution in [1.29, 1.82) is 0 Å². The summed E-state index contributed by atoms with van der Waals surface area (Å²) in [5.74, 6) is 0.969. The van der Waals surface area contributed by atoms with Gasteiger partial charge in [-0.25, -0.2) is 4.98 Å². The van der Waals surface area contributed by atoms with Crippen LogP contribution >= 0.6 is 11.6 Å². The van der Waals surface area contributed by atoms with Crippen molar-refractivity contribution in [3.8, 4) is 0 Å². The molecule has 1 saturated carbocycles. The minimum absolute atomic E-state index is 0.605. The van der Waals surface area contributed by atoms with Crippen LogP contribution in [0.25, 0.3) is 0 Å². The Labute approximate surface area is 125 Å². The highest BCUT2D eigenvalue weighted by Gasteiger charge is 2.17. The average Bonchev–Trinajstić information content (AvgIpc) is 2.95. The van der Waals surface area contributed by atoms with Crippen LogP contribution in [0.4, 0.5) is 5.95 Å². The Morgan fingerprint density at radius 1 is 1.25 bits per heavy atom. The molecule has 1 fully saturated rings. The fourth-order valence-electron chi connectivity index (χ4n) is 2.93. The monoisotopic (exact) mass is 289 g/mol. The Hall–Kier alpha value is -1.48. The van der Waals surface area contributed by atoms with Gasteiger partial charge in [-0.2, -0.15) is 0 Å². The summed E-state index contributed by atoms with van der Waals surface area (Å²) in [6.45, 7) is 0.754. The van der Waals surface area contributed by atoms with Gasteiger partial charge in [0.15, 0.2) is 0 Å². The van der Waals surface area contributed by atoms with Gasteiger partial charge >= 0.3 is 0 Å². The summed E-state index contributed by atoms with van der Waals surface area (Å²) >= 11 is 6.01. The second-order valence-corrected chi connectivity index (χ2v) is 5.87. The van der Waals surface area contributed by atoms with Crippen molar-refractivity contribution in [2.75, 3.05) is 5.32 Å². The molecule has 3 rings (SSSR count). The van der Waals surface area contributed by atoms with Gasteiger partial charge in [0.25, 0.3) is 0 Å². The minimum atomic E-state index is 0.605. The number of anilines is 1. The molecule has 3 nitrogen and oxygen atoms in total. The molecule has 0 saturated heterocycles. The van der Waals surface area contributed by atoms with Crippen LogP contribution < -0.4 is 5.32 Å². The smallest absolute Gasteiger partial charge is 0.203 e. The molecule has 0 spiro atoms. The molecule has 0 unspecified atom stereocenters. The number of rotatable bonds is 4. The van der Waals surface area contributed by atoms with E-state index in [1.165, 1.54) is 37.7 Å². The highest BCUT2D eigenvalue weighted by molar-refractivity contribution is 6.30. The number of benzene rings is 1. The molecule has 1 N–H and O–H groups in total. The molecule has 0 bridgehead atoms. The van der Waals surface area contributed by atoms with E-state index in [1.54, 1.807) is 0 Å². The van der Waals surface area contributed by atoms with Crippen LogP contribution in [0.2, 0.25) is 5.02 Å². The number of nitrogens with one attached hydrogen (secondary N) is 1. The summed E-state index contributed by atoms with van der Waals surface area (Å²) in [5.41, 5.74) is 1.18. The lowest BCUT2D eigenvalue weighted by molar-refractivity contribution is 0.356. The van der Waals surface area contributed by atoms with E-state index in [-0.39, 0.29) is 0 Å². The Kier molecular flexibility index (Phi) is 4.26. The van der Waals surface area contributed by atoms with Crippen LogP contribution in [0.5, 0.6) is 0 Å². The molecule has 1 aliphatic rings. The average molecular weight is 290 g/mol. The van der Waals surface area contributed by atoms with Gasteiger partial charge in [-0.1, -0.05) is 43.0 Å². The topological polar surface area (TPSA) is 29.9 Å². The third-order valence-electron chi connectivity index (χ3n) is 3.98. The molecule has 0 amide bonds. The van der Waals surface area contributed by atoms with Gasteiger partial charge in [-0.3, -0.25) is 0 Å². The highest BCUT2D eigenvalue weighted by Crippen LogP contribution is 2.30. The number of hydrogen-bond donors (Lipinski definition) is 1. The predicted molar refractivity (Wildman–Crippen MR) is 83.1 cm³/mol. The van der Waals surface area contributed by atoms with E-state index >= 15 is 0 Å². The van der Waals surface area contributed by atoms with Crippen molar-refractivity contribution < 1.29 is 0 Å². The summed E-state index contributed by atoms with van der Waals surface area (Å²) in [4.78, 5) is 4.45. The third kappa shape index (κ3) is 3.15. The zero-order chi connectivity index (χ0) is 13.8. The van der Waals surface area contributed by atoms with Gasteiger partial charge < -0.3 is 9.88 Å². The van der Waals surface area contributed by atoms with Crippen molar-refractivity contribution in [2.45, 2.75) is 44.7 Å². The fraction of sp³-hybridized carbons (Fsp3) is 0.438. The van der Waals surface area contributed by atoms with E-state index in [2.05, 4.69) is 27.1 Å². The lowest BCUT2D eigenvalue weighted by atomic mass is 9.95. The maximum atomic E-state index is 6.01. The molecular weight excluding hydrogens is 270 g/mol. The molecule has 1 heterocycles. The third-order valence-corrected chi connectivity index (χ3v) is 4.21. The normalized spacial score (nSPS) is 16.2. The van der Waals surface area contributed by atoms with Gasteiger partial charge in [-0.05, 0) is 30.5 Å². The van der Waals surface area contributed by atoms with E-state index in [1.807, 2.05) is 24.4 Å².